The number of fused-ring (bicyclic) bond motifs is 3. The minimum atomic E-state index is -0.783. The summed E-state index contributed by atoms with van der Waals surface area (Å²) in [6.45, 7) is 2.67. The molecule has 0 aliphatic heterocycles. The first-order valence-electron chi connectivity index (χ1n) is 7.97. The van der Waals surface area contributed by atoms with Crippen molar-refractivity contribution in [1.82, 2.24) is 0 Å². The van der Waals surface area contributed by atoms with Crippen LogP contribution < -0.4 is 4.90 Å². The highest BCUT2D eigenvalue weighted by atomic mass is 32.1. The number of benzene rings is 2. The summed E-state index contributed by atoms with van der Waals surface area (Å²) >= 11 is 4.23. The molecule has 0 fully saturated rings. The molecule has 120 valence electrons. The van der Waals surface area contributed by atoms with E-state index in [1.807, 2.05) is 24.0 Å². The van der Waals surface area contributed by atoms with E-state index < -0.39 is 12.0 Å². The number of likely N-dealkylation sites (N-methyl/N-ethyl adjacent to an activating group) is 1. The zero-order chi connectivity index (χ0) is 16.4. The van der Waals surface area contributed by atoms with E-state index in [0.29, 0.717) is 18.7 Å². The smallest absolute Gasteiger partial charge is 0.326 e. The maximum absolute atomic E-state index is 11.7. The van der Waals surface area contributed by atoms with E-state index in [9.17, 15) is 9.90 Å². The van der Waals surface area contributed by atoms with Crippen LogP contribution in [0.4, 0.5) is 5.69 Å². The van der Waals surface area contributed by atoms with Gasteiger partial charge in [-0.15, -0.1) is 0 Å². The number of carboxylic acids is 1. The third-order valence-electron chi connectivity index (χ3n) is 4.54. The fraction of sp³-hybridized carbons (Fsp3) is 0.316. The SMILES string of the molecule is CCN(c1cccc2c1Cc1ccccc1-2)C(CCS)C(=O)O. The van der Waals surface area contributed by atoms with Crippen LogP contribution >= 0.6 is 12.6 Å². The molecule has 3 rings (SSSR count). The van der Waals surface area contributed by atoms with Crippen LogP contribution in [0.3, 0.4) is 0 Å². The van der Waals surface area contributed by atoms with E-state index in [1.165, 1.54) is 22.3 Å². The fourth-order valence-electron chi connectivity index (χ4n) is 3.50. The first-order valence-corrected chi connectivity index (χ1v) is 8.61. The number of carboxylic acid groups (broad SMARTS) is 1. The Hall–Kier alpha value is -1.94. The monoisotopic (exact) mass is 327 g/mol. The van der Waals surface area contributed by atoms with Gasteiger partial charge in [0, 0.05) is 18.7 Å². The molecule has 23 heavy (non-hydrogen) atoms. The lowest BCUT2D eigenvalue weighted by molar-refractivity contribution is -0.138. The highest BCUT2D eigenvalue weighted by Gasteiger charge is 2.28. The molecule has 0 spiro atoms. The standard InChI is InChI=1S/C19H21NO2S/c1-2-20(18(10-11-23)19(21)22)17-9-5-8-15-14-7-4-3-6-13(14)12-16(15)17/h3-9,18,23H,2,10-12H2,1H3,(H,21,22). The summed E-state index contributed by atoms with van der Waals surface area (Å²) in [6, 6.07) is 14.1. The van der Waals surface area contributed by atoms with Crippen molar-refractivity contribution >= 4 is 24.3 Å². The molecular formula is C19H21NO2S. The Kier molecular flexibility index (Phi) is 4.62. The molecule has 2 aromatic carbocycles. The number of aliphatic carboxylic acids is 1. The van der Waals surface area contributed by atoms with Gasteiger partial charge in [-0.3, -0.25) is 0 Å². The lowest BCUT2D eigenvalue weighted by Gasteiger charge is -2.31. The van der Waals surface area contributed by atoms with Crippen molar-refractivity contribution in [1.29, 1.82) is 0 Å². The summed E-state index contributed by atoms with van der Waals surface area (Å²) in [5.74, 6) is -0.225. The number of hydrogen-bond donors (Lipinski definition) is 2. The normalized spacial score (nSPS) is 13.3. The molecule has 0 aromatic heterocycles. The molecule has 2 aromatic rings. The Morgan fingerprint density at radius 1 is 1.22 bits per heavy atom. The summed E-state index contributed by atoms with van der Waals surface area (Å²) in [5, 5.41) is 9.61. The van der Waals surface area contributed by atoms with E-state index in [4.69, 9.17) is 0 Å². The molecule has 0 saturated carbocycles. The average Bonchev–Trinajstić information content (AvgIpc) is 2.94. The van der Waals surface area contributed by atoms with Gasteiger partial charge in [0.1, 0.15) is 6.04 Å². The predicted molar refractivity (Wildman–Crippen MR) is 97.6 cm³/mol. The van der Waals surface area contributed by atoms with Gasteiger partial charge in [-0.1, -0.05) is 36.4 Å². The summed E-state index contributed by atoms with van der Waals surface area (Å²) in [7, 11) is 0. The van der Waals surface area contributed by atoms with Crippen molar-refractivity contribution in [3.63, 3.8) is 0 Å². The van der Waals surface area contributed by atoms with Crippen LogP contribution in [0.15, 0.2) is 42.5 Å². The average molecular weight is 327 g/mol. The van der Waals surface area contributed by atoms with E-state index in [0.717, 1.165) is 12.1 Å². The molecule has 4 heteroatoms. The van der Waals surface area contributed by atoms with E-state index in [1.54, 1.807) is 0 Å². The highest BCUT2D eigenvalue weighted by molar-refractivity contribution is 7.80. The van der Waals surface area contributed by atoms with Crippen LogP contribution in [0.5, 0.6) is 0 Å². The van der Waals surface area contributed by atoms with E-state index in [-0.39, 0.29) is 0 Å². The minimum Gasteiger partial charge on any atom is -0.480 e. The summed E-state index contributed by atoms with van der Waals surface area (Å²) in [6.07, 6.45) is 1.40. The second-order valence-corrected chi connectivity index (χ2v) is 6.24. The Labute approximate surface area is 142 Å². The third kappa shape index (κ3) is 2.83. The van der Waals surface area contributed by atoms with Crippen molar-refractivity contribution in [2.45, 2.75) is 25.8 Å². The molecule has 0 bridgehead atoms. The number of carbonyl (C=O) groups is 1. The molecule has 1 N–H and O–H groups in total. The van der Waals surface area contributed by atoms with Crippen molar-refractivity contribution in [2.75, 3.05) is 17.2 Å². The zero-order valence-electron chi connectivity index (χ0n) is 13.2. The minimum absolute atomic E-state index is 0.531. The first-order chi connectivity index (χ1) is 11.2. The van der Waals surface area contributed by atoms with Crippen LogP contribution in [0.1, 0.15) is 24.5 Å². The van der Waals surface area contributed by atoms with Gasteiger partial charge in [-0.2, -0.15) is 12.6 Å². The van der Waals surface area contributed by atoms with Gasteiger partial charge in [-0.05, 0) is 47.4 Å². The Morgan fingerprint density at radius 2 is 1.96 bits per heavy atom. The maximum Gasteiger partial charge on any atom is 0.326 e. The van der Waals surface area contributed by atoms with E-state index >= 15 is 0 Å². The fourth-order valence-corrected chi connectivity index (χ4v) is 3.75. The number of thiol groups is 1. The van der Waals surface area contributed by atoms with Gasteiger partial charge in [0.05, 0.1) is 0 Å². The van der Waals surface area contributed by atoms with Gasteiger partial charge in [0.2, 0.25) is 0 Å². The molecule has 0 radical (unpaired) electrons. The van der Waals surface area contributed by atoms with Crippen molar-refractivity contribution < 1.29 is 9.90 Å². The number of rotatable bonds is 6. The molecule has 0 amide bonds. The molecule has 1 aliphatic rings. The lowest BCUT2D eigenvalue weighted by atomic mass is 10.0. The maximum atomic E-state index is 11.7. The van der Waals surface area contributed by atoms with Crippen LogP contribution in [0, 0.1) is 0 Å². The summed E-state index contributed by atoms with van der Waals surface area (Å²) in [4.78, 5) is 13.7. The number of hydrogen-bond acceptors (Lipinski definition) is 3. The molecule has 0 heterocycles. The molecule has 3 nitrogen and oxygen atoms in total. The summed E-state index contributed by atoms with van der Waals surface area (Å²) < 4.78 is 0. The van der Waals surface area contributed by atoms with Crippen LogP contribution in [-0.2, 0) is 11.2 Å². The van der Waals surface area contributed by atoms with Crippen molar-refractivity contribution in [2.24, 2.45) is 0 Å². The topological polar surface area (TPSA) is 40.5 Å². The molecular weight excluding hydrogens is 306 g/mol. The number of anilines is 1. The van der Waals surface area contributed by atoms with Crippen LogP contribution in [0.25, 0.3) is 11.1 Å². The quantitative estimate of drug-likeness (QED) is 0.676. The van der Waals surface area contributed by atoms with Gasteiger partial charge >= 0.3 is 5.97 Å². The Morgan fingerprint density at radius 3 is 2.65 bits per heavy atom. The van der Waals surface area contributed by atoms with Gasteiger partial charge < -0.3 is 10.0 Å². The third-order valence-corrected chi connectivity index (χ3v) is 4.80. The molecule has 1 aliphatic carbocycles. The van der Waals surface area contributed by atoms with Gasteiger partial charge in [0.25, 0.3) is 0 Å². The predicted octanol–water partition coefficient (Wildman–Crippen LogP) is 3.86. The van der Waals surface area contributed by atoms with Crippen LogP contribution in [0.2, 0.25) is 0 Å². The second kappa shape index (κ2) is 6.67. The van der Waals surface area contributed by atoms with Crippen molar-refractivity contribution in [3.8, 4) is 11.1 Å². The number of nitrogens with zero attached hydrogens (tertiary/aromatic N) is 1. The van der Waals surface area contributed by atoms with E-state index in [2.05, 4.69) is 43.0 Å². The van der Waals surface area contributed by atoms with Gasteiger partial charge in [-0.25, -0.2) is 4.79 Å². The highest BCUT2D eigenvalue weighted by Crippen LogP contribution is 2.41. The molecule has 1 atom stereocenters. The van der Waals surface area contributed by atoms with Gasteiger partial charge in [0.15, 0.2) is 0 Å². The zero-order valence-corrected chi connectivity index (χ0v) is 14.1. The van der Waals surface area contributed by atoms with Crippen LogP contribution in [-0.4, -0.2) is 29.4 Å². The lowest BCUT2D eigenvalue weighted by Crippen LogP contribution is -2.42. The summed E-state index contributed by atoms with van der Waals surface area (Å²) in [5.41, 5.74) is 6.08. The largest absolute Gasteiger partial charge is 0.480 e. The Balaban J connectivity index is 2.06. The second-order valence-electron chi connectivity index (χ2n) is 5.79. The Bertz CT molecular complexity index is 729. The molecule has 0 saturated heterocycles. The first kappa shape index (κ1) is 15.9. The molecule has 1 unspecified atom stereocenters. The van der Waals surface area contributed by atoms with Crippen molar-refractivity contribution in [3.05, 3.63) is 53.6 Å².